The van der Waals surface area contributed by atoms with E-state index >= 15 is 0 Å². The minimum atomic E-state index is -1.91. The van der Waals surface area contributed by atoms with E-state index in [2.05, 4.69) is 26.6 Å². The quantitative estimate of drug-likeness (QED) is 0.0221. The summed E-state index contributed by atoms with van der Waals surface area (Å²) in [6.45, 7) is 10.2. The lowest BCUT2D eigenvalue weighted by molar-refractivity contribution is -0.162. The number of aliphatic hydroxyl groups is 1. The van der Waals surface area contributed by atoms with E-state index in [0.29, 0.717) is 48.4 Å². The van der Waals surface area contributed by atoms with Crippen LogP contribution in [0.15, 0.2) is 72.4 Å². The maximum Gasteiger partial charge on any atom is 0.409 e. The highest BCUT2D eigenvalue weighted by atomic mass is 35.5. The second kappa shape index (κ2) is 33.5. The monoisotopic (exact) mass is 1330 g/mol. The zero-order valence-corrected chi connectivity index (χ0v) is 55.8. The number of halogens is 1. The number of imide groups is 1. The maximum absolute atomic E-state index is 14.5. The predicted molar refractivity (Wildman–Crippen MR) is 343 cm³/mol. The summed E-state index contributed by atoms with van der Waals surface area (Å²) in [5.74, 6) is -5.03. The van der Waals surface area contributed by atoms with E-state index in [-0.39, 0.29) is 81.1 Å². The summed E-state index contributed by atoms with van der Waals surface area (Å²) in [4.78, 5) is 149. The minimum Gasteiger partial charge on any atom is -0.495 e. The van der Waals surface area contributed by atoms with Crippen LogP contribution in [0.1, 0.15) is 110 Å². The Morgan fingerprint density at radius 1 is 0.936 bits per heavy atom. The number of likely N-dealkylation sites (N-methyl/N-ethyl adjacent to an activating group) is 1. The number of hydrogen-bond acceptors (Lipinski definition) is 18. The van der Waals surface area contributed by atoms with Gasteiger partial charge in [0.1, 0.15) is 59.4 Å². The second-order valence-electron chi connectivity index (χ2n) is 24.6. The van der Waals surface area contributed by atoms with Gasteiger partial charge < -0.3 is 75.2 Å². The van der Waals surface area contributed by atoms with Crippen molar-refractivity contribution in [1.82, 2.24) is 36.0 Å². The molecular weight excluding hydrogens is 1240 g/mol. The molecule has 0 spiro atoms. The van der Waals surface area contributed by atoms with Crippen LogP contribution in [0.2, 0.25) is 5.02 Å². The van der Waals surface area contributed by atoms with Gasteiger partial charge in [-0.1, -0.05) is 74.7 Å². The number of fused-ring (bicyclic) bond motifs is 5. The fourth-order valence-corrected chi connectivity index (χ4v) is 11.4. The van der Waals surface area contributed by atoms with Crippen molar-refractivity contribution in [2.45, 2.75) is 166 Å². The van der Waals surface area contributed by atoms with E-state index in [9.17, 15) is 57.8 Å². The highest BCUT2D eigenvalue weighted by Gasteiger charge is 2.64. The summed E-state index contributed by atoms with van der Waals surface area (Å²) in [5.41, 5.74) is 4.74. The molecule has 11 amide bonds. The average Bonchev–Trinajstić information content (AvgIpc) is 1.58. The molecular formula is C65H89ClN10O18. The van der Waals surface area contributed by atoms with Gasteiger partial charge in [-0.15, -0.1) is 0 Å². The molecule has 2 aromatic rings. The minimum absolute atomic E-state index is 0.0780. The van der Waals surface area contributed by atoms with Crippen molar-refractivity contribution in [1.29, 1.82) is 0 Å². The molecule has 8 N–H and O–H groups in total. The van der Waals surface area contributed by atoms with Crippen LogP contribution in [-0.2, 0) is 75.1 Å². The van der Waals surface area contributed by atoms with Crippen molar-refractivity contribution in [3.63, 3.8) is 0 Å². The first-order valence-electron chi connectivity index (χ1n) is 31.2. The van der Waals surface area contributed by atoms with Crippen LogP contribution in [0.5, 0.6) is 5.75 Å². The number of esters is 1. The highest BCUT2D eigenvalue weighted by Crippen LogP contribution is 2.49. The Hall–Kier alpha value is -8.60. The number of carbonyl (C=O) groups is 11. The van der Waals surface area contributed by atoms with E-state index in [0.717, 1.165) is 20.9 Å². The smallest absolute Gasteiger partial charge is 0.409 e. The van der Waals surface area contributed by atoms with Crippen molar-refractivity contribution in [3.8, 4) is 5.75 Å². The average molecular weight is 1330 g/mol. The van der Waals surface area contributed by atoms with Crippen LogP contribution >= 0.6 is 11.6 Å². The summed E-state index contributed by atoms with van der Waals surface area (Å²) in [6, 6.07) is 5.70. The number of nitrogens with one attached hydrogen (secondary N) is 5. The molecule has 2 aromatic carbocycles. The molecule has 4 aliphatic rings. The number of primary amides is 1. The Kier molecular flexibility index (Phi) is 26.5. The molecule has 6 rings (SSSR count). The number of amides is 11. The number of allylic oxidation sites excluding steroid dienone is 3. The molecule has 0 aromatic heterocycles. The summed E-state index contributed by atoms with van der Waals surface area (Å²) in [6.07, 6.45) is 3.34. The lowest BCUT2D eigenvalue weighted by Gasteiger charge is -2.42. The Morgan fingerprint density at radius 2 is 1.63 bits per heavy atom. The first kappa shape index (κ1) is 74.4. The number of alkyl carbamates (subject to hydrolysis) is 1. The van der Waals surface area contributed by atoms with Gasteiger partial charge in [0, 0.05) is 90.9 Å². The van der Waals surface area contributed by atoms with Gasteiger partial charge in [0.25, 0.3) is 11.8 Å². The number of anilines is 2. The number of rotatable bonds is 26. The number of urea groups is 1. The van der Waals surface area contributed by atoms with Crippen molar-refractivity contribution in [2.24, 2.45) is 17.6 Å². The molecule has 29 heteroatoms. The molecule has 2 fully saturated rings. The van der Waals surface area contributed by atoms with Crippen LogP contribution in [0.3, 0.4) is 0 Å². The summed E-state index contributed by atoms with van der Waals surface area (Å²) in [7, 11) is 7.19. The number of unbranched alkanes of at least 4 members (excludes halogenated alkanes) is 2. The molecule has 2 saturated heterocycles. The van der Waals surface area contributed by atoms with Crippen molar-refractivity contribution in [3.05, 3.63) is 88.5 Å². The molecule has 94 heavy (non-hydrogen) atoms. The van der Waals surface area contributed by atoms with Crippen molar-refractivity contribution in [2.75, 3.05) is 65.2 Å². The van der Waals surface area contributed by atoms with E-state index in [1.165, 1.54) is 64.2 Å². The molecule has 514 valence electrons. The van der Waals surface area contributed by atoms with Gasteiger partial charge in [-0.25, -0.2) is 19.2 Å². The third kappa shape index (κ3) is 20.0. The second-order valence-corrected chi connectivity index (χ2v) is 24.9. The fraction of sp³-hybridized carbons (Fsp3) is 0.554. The SMILES string of the molecule is COc1cc2cc(c1Cl)N(C)C(=O)C[C@@H](OC(=O)[C@H](C)N(C)C(=O)CCN(C)C(=O)OCc1ccc(NC(=O)C(CCCNC(N)=O)NC(=O)[C@H](NC(=O)CCCCCN3C(=O)C=CC3=O)C(C)C)cc1)[C@]1(C)O[C@H]1[C@H](C)[C@@H]1C[C@](O)(NC(=O)O1)[C@H](OC)/C=C/C=C(\C)C2. The van der Waals surface area contributed by atoms with Crippen LogP contribution < -0.4 is 42.0 Å². The van der Waals surface area contributed by atoms with Crippen LogP contribution in [-0.4, -0.2) is 194 Å². The van der Waals surface area contributed by atoms with Crippen LogP contribution in [0.25, 0.3) is 0 Å². The maximum atomic E-state index is 14.5. The largest absolute Gasteiger partial charge is 0.495 e. The van der Waals surface area contributed by atoms with Gasteiger partial charge in [0.05, 0.1) is 25.3 Å². The molecule has 0 saturated carbocycles. The Morgan fingerprint density at radius 3 is 2.28 bits per heavy atom. The topological polar surface area (TPSA) is 366 Å². The normalized spacial score (nSPS) is 23.8. The number of hydrogen-bond donors (Lipinski definition) is 7. The fourth-order valence-electron chi connectivity index (χ4n) is 11.1. The third-order valence-corrected chi connectivity index (χ3v) is 17.5. The predicted octanol–water partition coefficient (Wildman–Crippen LogP) is 4.67. The number of epoxide rings is 1. The van der Waals surface area contributed by atoms with Crippen molar-refractivity contribution < 1.29 is 86.3 Å². The molecule has 0 radical (unpaired) electrons. The summed E-state index contributed by atoms with van der Waals surface area (Å²) < 4.78 is 35.0. The molecule has 1 unspecified atom stereocenters. The zero-order chi connectivity index (χ0) is 69.4. The van der Waals surface area contributed by atoms with E-state index < -0.39 is 120 Å². The Bertz CT molecular complexity index is 3220. The van der Waals surface area contributed by atoms with Gasteiger partial charge in [0.2, 0.25) is 29.5 Å². The number of nitrogens with zero attached hydrogens (tertiary/aromatic N) is 4. The standard InChI is InChI=1S/C65H89ClN10O18/c1-37(2)56(71-50(77)20-13-12-14-29-76-52(79)25-26-53(76)80)59(83)70-44(18-16-28-68-61(67)85)58(82)69-43-23-21-41(22-24-43)36-91-63(87)73(7)30-27-51(78)74(8)40(5)60(84)93-49-34-54(81)75(9)45-32-42(33-46(89-10)55(45)66)31-38(3)17-15-19-48(90-11)65(88)35-47(92-62(86)72-65)39(4)57-64(49,6)94-57/h15,17,19,21-26,32-33,37,39-40,44,47-49,56-57,88H,12-14,16,18,20,27-31,34-36H2,1-11H3,(H,69,82)(H,70,83)(H,71,77)(H,72,86)(H3,67,68,85)/b19-15+,38-17+/t39-,40+,44?,47+,48-,49-,56-,57+,64+,65-/m1/s1. The van der Waals surface area contributed by atoms with Crippen LogP contribution in [0.4, 0.5) is 25.8 Å². The van der Waals surface area contributed by atoms with E-state index in [4.69, 9.17) is 45.8 Å². The number of methoxy groups -OCH3 is 2. The van der Waals surface area contributed by atoms with Gasteiger partial charge in [-0.3, -0.25) is 43.8 Å². The lowest BCUT2D eigenvalue weighted by Crippen LogP contribution is -2.63. The highest BCUT2D eigenvalue weighted by molar-refractivity contribution is 6.35. The van der Waals surface area contributed by atoms with Gasteiger partial charge in [0.15, 0.2) is 5.72 Å². The molecule has 0 aliphatic carbocycles. The van der Waals surface area contributed by atoms with Gasteiger partial charge in [-0.05, 0) is 94.2 Å². The number of nitrogens with two attached hydrogens (primary N) is 1. The number of benzene rings is 2. The third-order valence-electron chi connectivity index (χ3n) is 17.1. The van der Waals surface area contributed by atoms with Gasteiger partial charge >= 0.3 is 24.2 Å². The van der Waals surface area contributed by atoms with Gasteiger partial charge in [-0.2, -0.15) is 0 Å². The lowest BCUT2D eigenvalue weighted by atomic mass is 9.83. The van der Waals surface area contributed by atoms with Crippen LogP contribution in [0, 0.1) is 11.8 Å². The summed E-state index contributed by atoms with van der Waals surface area (Å²) in [5, 5.41) is 25.3. The molecule has 4 bridgehead atoms. The van der Waals surface area contributed by atoms with E-state index in [1.54, 1.807) is 76.2 Å². The summed E-state index contributed by atoms with van der Waals surface area (Å²) >= 11 is 6.84. The molecule has 10 atom stereocenters. The number of carbonyl (C=O) groups excluding carboxylic acids is 11. The zero-order valence-electron chi connectivity index (χ0n) is 55.1. The molecule has 4 aliphatic heterocycles. The van der Waals surface area contributed by atoms with Crippen molar-refractivity contribution >= 4 is 88.5 Å². The van der Waals surface area contributed by atoms with E-state index in [1.807, 2.05) is 13.0 Å². The Labute approximate surface area is 551 Å². The molecule has 4 heterocycles. The first-order chi connectivity index (χ1) is 44.4. The Balaban J connectivity index is 1.03. The first-order valence-corrected chi connectivity index (χ1v) is 31.6. The molecule has 28 nitrogen and oxygen atoms in total. The number of ether oxygens (including phenoxy) is 6.